The average molecular weight is 288 g/mol. The average Bonchev–Trinajstić information content (AvgIpc) is 2.50. The predicted octanol–water partition coefficient (Wildman–Crippen LogP) is 2.57. The second kappa shape index (κ2) is 6.59. The molecule has 1 aromatic carbocycles. The lowest BCUT2D eigenvalue weighted by molar-refractivity contribution is 0.0695. The van der Waals surface area contributed by atoms with Crippen molar-refractivity contribution in [3.8, 4) is 6.07 Å². The maximum absolute atomic E-state index is 11.4. The van der Waals surface area contributed by atoms with Gasteiger partial charge in [0.2, 0.25) is 0 Å². The number of carboxylic acids is 1. The summed E-state index contributed by atoms with van der Waals surface area (Å²) in [6, 6.07) is 5.62. The lowest BCUT2D eigenvalue weighted by atomic mass is 9.99. The Labute approximate surface area is 124 Å². The molecule has 1 aromatic rings. The van der Waals surface area contributed by atoms with E-state index in [-0.39, 0.29) is 5.56 Å². The molecule has 0 spiro atoms. The van der Waals surface area contributed by atoms with Crippen molar-refractivity contribution in [2.45, 2.75) is 32.7 Å². The van der Waals surface area contributed by atoms with E-state index in [1.54, 1.807) is 6.07 Å². The van der Waals surface area contributed by atoms with Gasteiger partial charge >= 0.3 is 5.97 Å². The molecule has 1 aliphatic heterocycles. The number of aromatic carboxylic acids is 1. The molecular formula is C16H20N2O3. The van der Waals surface area contributed by atoms with Gasteiger partial charge < -0.3 is 14.7 Å². The minimum absolute atomic E-state index is 0.203. The molecule has 2 rings (SSSR count). The van der Waals surface area contributed by atoms with Crippen LogP contribution < -0.4 is 4.90 Å². The van der Waals surface area contributed by atoms with Gasteiger partial charge in [0.05, 0.1) is 17.2 Å². The van der Waals surface area contributed by atoms with E-state index in [4.69, 9.17) is 10.00 Å². The summed E-state index contributed by atoms with van der Waals surface area (Å²) in [6.07, 6.45) is 1.85. The topological polar surface area (TPSA) is 73.6 Å². The monoisotopic (exact) mass is 288 g/mol. The van der Waals surface area contributed by atoms with Crippen LogP contribution >= 0.6 is 0 Å². The molecule has 0 unspecified atom stereocenters. The number of nitriles is 1. The van der Waals surface area contributed by atoms with Gasteiger partial charge in [0, 0.05) is 31.5 Å². The quantitative estimate of drug-likeness (QED) is 0.921. The highest BCUT2D eigenvalue weighted by Gasteiger charge is 2.24. The Kier molecular flexibility index (Phi) is 4.81. The lowest BCUT2D eigenvalue weighted by Gasteiger charge is -2.36. The molecule has 0 aliphatic carbocycles. The third kappa shape index (κ3) is 3.17. The van der Waals surface area contributed by atoms with Gasteiger partial charge in [-0.25, -0.2) is 4.79 Å². The lowest BCUT2D eigenvalue weighted by Crippen LogP contribution is -2.40. The van der Waals surface area contributed by atoms with Crippen LogP contribution in [0.15, 0.2) is 12.1 Å². The zero-order valence-corrected chi connectivity index (χ0v) is 12.4. The molecule has 1 saturated heterocycles. The van der Waals surface area contributed by atoms with Crippen LogP contribution in [0.3, 0.4) is 0 Å². The van der Waals surface area contributed by atoms with Crippen LogP contribution in [-0.2, 0) is 4.74 Å². The van der Waals surface area contributed by atoms with Gasteiger partial charge in [-0.2, -0.15) is 5.26 Å². The Balaban J connectivity index is 2.47. The largest absolute Gasteiger partial charge is 0.478 e. The molecule has 0 bridgehead atoms. The number of carboxylic acid groups (broad SMARTS) is 1. The third-order valence-electron chi connectivity index (χ3n) is 4.02. The fraction of sp³-hybridized carbons (Fsp3) is 0.500. The van der Waals surface area contributed by atoms with E-state index in [2.05, 4.69) is 11.0 Å². The number of benzene rings is 1. The summed E-state index contributed by atoms with van der Waals surface area (Å²) in [5.41, 5.74) is 2.16. The maximum atomic E-state index is 11.4. The summed E-state index contributed by atoms with van der Waals surface area (Å²) in [4.78, 5) is 13.6. The van der Waals surface area contributed by atoms with Crippen LogP contribution in [-0.4, -0.2) is 36.9 Å². The van der Waals surface area contributed by atoms with E-state index < -0.39 is 5.97 Å². The molecule has 5 heteroatoms. The first-order valence-electron chi connectivity index (χ1n) is 7.21. The highest BCUT2D eigenvalue weighted by molar-refractivity contribution is 5.92. The number of hydrogen-bond donors (Lipinski definition) is 1. The summed E-state index contributed by atoms with van der Waals surface area (Å²) in [6.45, 7) is 6.09. The number of anilines is 1. The van der Waals surface area contributed by atoms with E-state index in [0.717, 1.165) is 43.9 Å². The number of hydrogen-bond acceptors (Lipinski definition) is 4. The van der Waals surface area contributed by atoms with Gasteiger partial charge in [-0.15, -0.1) is 0 Å². The Morgan fingerprint density at radius 2 is 2.14 bits per heavy atom. The highest BCUT2D eigenvalue weighted by atomic mass is 16.5. The number of rotatable bonds is 4. The summed E-state index contributed by atoms with van der Waals surface area (Å²) in [7, 11) is 0. The van der Waals surface area contributed by atoms with E-state index >= 15 is 0 Å². The first-order valence-corrected chi connectivity index (χ1v) is 7.21. The summed E-state index contributed by atoms with van der Waals surface area (Å²) in [5, 5.41) is 18.5. The first-order chi connectivity index (χ1) is 10.1. The number of carbonyl (C=O) groups is 1. The standard InChI is InChI=1S/C16H20N2O3/c1-3-18(13-4-6-21-7-5-13)15-9-12(10-17)8-14(11(15)2)16(19)20/h8-9,13H,3-7H2,1-2H3,(H,19,20). The minimum atomic E-state index is -0.992. The van der Waals surface area contributed by atoms with Gasteiger partial charge in [-0.3, -0.25) is 0 Å². The van der Waals surface area contributed by atoms with Crippen molar-refractivity contribution in [1.82, 2.24) is 0 Å². The fourth-order valence-corrected chi connectivity index (χ4v) is 2.91. The maximum Gasteiger partial charge on any atom is 0.336 e. The Bertz CT molecular complexity index is 572. The smallest absolute Gasteiger partial charge is 0.336 e. The first kappa shape index (κ1) is 15.3. The summed E-state index contributed by atoms with van der Waals surface area (Å²) >= 11 is 0. The van der Waals surface area contributed by atoms with Crippen molar-refractivity contribution in [2.24, 2.45) is 0 Å². The van der Waals surface area contributed by atoms with E-state index in [0.29, 0.717) is 11.6 Å². The predicted molar refractivity (Wildman–Crippen MR) is 79.7 cm³/mol. The van der Waals surface area contributed by atoms with Crippen molar-refractivity contribution in [2.75, 3.05) is 24.7 Å². The normalized spacial score (nSPS) is 15.5. The van der Waals surface area contributed by atoms with Crippen molar-refractivity contribution < 1.29 is 14.6 Å². The van der Waals surface area contributed by atoms with Gasteiger partial charge in [-0.1, -0.05) is 0 Å². The van der Waals surface area contributed by atoms with Crippen molar-refractivity contribution >= 4 is 11.7 Å². The Hall–Kier alpha value is -2.06. The van der Waals surface area contributed by atoms with E-state index in [9.17, 15) is 9.90 Å². The Morgan fingerprint density at radius 1 is 1.48 bits per heavy atom. The molecular weight excluding hydrogens is 268 g/mol. The molecule has 5 nitrogen and oxygen atoms in total. The van der Waals surface area contributed by atoms with E-state index in [1.807, 2.05) is 13.8 Å². The number of nitrogens with zero attached hydrogens (tertiary/aromatic N) is 2. The van der Waals surface area contributed by atoms with Crippen LogP contribution in [0.1, 0.15) is 41.3 Å². The third-order valence-corrected chi connectivity index (χ3v) is 4.02. The molecule has 0 radical (unpaired) electrons. The van der Waals surface area contributed by atoms with Crippen LogP contribution in [0.25, 0.3) is 0 Å². The molecule has 0 saturated carbocycles. The van der Waals surface area contributed by atoms with Crippen LogP contribution in [0.5, 0.6) is 0 Å². The van der Waals surface area contributed by atoms with Crippen LogP contribution in [0.2, 0.25) is 0 Å². The second-order valence-corrected chi connectivity index (χ2v) is 5.21. The van der Waals surface area contributed by atoms with Crippen molar-refractivity contribution in [1.29, 1.82) is 5.26 Å². The van der Waals surface area contributed by atoms with Crippen LogP contribution in [0, 0.1) is 18.3 Å². The highest BCUT2D eigenvalue weighted by Crippen LogP contribution is 2.29. The SMILES string of the molecule is CCN(c1cc(C#N)cc(C(=O)O)c1C)C1CCOCC1. The van der Waals surface area contributed by atoms with Crippen LogP contribution in [0.4, 0.5) is 5.69 Å². The molecule has 1 heterocycles. The minimum Gasteiger partial charge on any atom is -0.478 e. The molecule has 1 fully saturated rings. The van der Waals surface area contributed by atoms with E-state index in [1.165, 1.54) is 6.07 Å². The molecule has 0 atom stereocenters. The zero-order valence-electron chi connectivity index (χ0n) is 12.4. The molecule has 0 amide bonds. The zero-order chi connectivity index (χ0) is 15.4. The molecule has 1 aliphatic rings. The molecule has 1 N–H and O–H groups in total. The summed E-state index contributed by atoms with van der Waals surface area (Å²) in [5.74, 6) is -0.992. The van der Waals surface area contributed by atoms with Gasteiger partial charge in [-0.05, 0) is 44.4 Å². The summed E-state index contributed by atoms with van der Waals surface area (Å²) < 4.78 is 5.39. The molecule has 112 valence electrons. The second-order valence-electron chi connectivity index (χ2n) is 5.21. The number of ether oxygens (including phenoxy) is 1. The molecule has 21 heavy (non-hydrogen) atoms. The Morgan fingerprint density at radius 3 is 2.67 bits per heavy atom. The van der Waals surface area contributed by atoms with Gasteiger partial charge in [0.1, 0.15) is 0 Å². The van der Waals surface area contributed by atoms with Gasteiger partial charge in [0.25, 0.3) is 0 Å². The molecule has 0 aromatic heterocycles. The van der Waals surface area contributed by atoms with Crippen molar-refractivity contribution in [3.05, 3.63) is 28.8 Å². The fourth-order valence-electron chi connectivity index (χ4n) is 2.91. The van der Waals surface area contributed by atoms with Crippen molar-refractivity contribution in [3.63, 3.8) is 0 Å². The van der Waals surface area contributed by atoms with Gasteiger partial charge in [0.15, 0.2) is 0 Å².